The number of phenols is 1. The van der Waals surface area contributed by atoms with E-state index < -0.39 is 0 Å². The second-order valence-corrected chi connectivity index (χ2v) is 5.05. The number of benzene rings is 1. The highest BCUT2D eigenvalue weighted by Gasteiger charge is 2.28. The molecule has 1 atom stereocenters. The molecule has 1 fully saturated rings. The maximum atomic E-state index is 11.7. The van der Waals surface area contributed by atoms with Gasteiger partial charge in [0, 0.05) is 25.1 Å². The van der Waals surface area contributed by atoms with Gasteiger partial charge in [-0.2, -0.15) is 0 Å². The Morgan fingerprint density at radius 2 is 2.28 bits per heavy atom. The van der Waals surface area contributed by atoms with Gasteiger partial charge in [-0.15, -0.1) is 0 Å². The highest BCUT2D eigenvalue weighted by atomic mass is 16.3. The summed E-state index contributed by atoms with van der Waals surface area (Å²) >= 11 is 0. The van der Waals surface area contributed by atoms with Crippen LogP contribution < -0.4 is 5.32 Å². The molecule has 0 bridgehead atoms. The number of hydrogen-bond donors (Lipinski definition) is 2. The number of amides is 1. The molecule has 3 rings (SSSR count). The molecule has 2 N–H and O–H groups in total. The number of carbonyl (C=O) groups excluding carboxylic acids is 1. The first-order valence-corrected chi connectivity index (χ1v) is 6.57. The minimum Gasteiger partial charge on any atom is -0.508 e. The summed E-state index contributed by atoms with van der Waals surface area (Å²) in [6.07, 6.45) is 2.56. The van der Waals surface area contributed by atoms with Crippen molar-refractivity contribution < 1.29 is 9.90 Å². The van der Waals surface area contributed by atoms with Crippen molar-refractivity contribution in [3.05, 3.63) is 29.3 Å². The lowest BCUT2D eigenvalue weighted by Crippen LogP contribution is -2.39. The molecule has 0 aliphatic carbocycles. The largest absolute Gasteiger partial charge is 0.508 e. The van der Waals surface area contributed by atoms with E-state index in [-0.39, 0.29) is 11.9 Å². The number of hydrogen-bond acceptors (Lipinski definition) is 3. The first-order chi connectivity index (χ1) is 8.75. The molecule has 96 valence electrons. The molecule has 2 aliphatic rings. The third kappa shape index (κ3) is 1.97. The summed E-state index contributed by atoms with van der Waals surface area (Å²) in [7, 11) is 0. The zero-order valence-electron chi connectivity index (χ0n) is 10.4. The van der Waals surface area contributed by atoms with E-state index in [9.17, 15) is 9.90 Å². The molecule has 2 aliphatic heterocycles. The lowest BCUT2D eigenvalue weighted by Gasteiger charge is -2.30. The fourth-order valence-electron chi connectivity index (χ4n) is 2.98. The van der Waals surface area contributed by atoms with Gasteiger partial charge in [0.15, 0.2) is 0 Å². The van der Waals surface area contributed by atoms with Crippen LogP contribution in [0.4, 0.5) is 0 Å². The molecule has 0 aromatic heterocycles. The molecular weight excluding hydrogens is 228 g/mol. The van der Waals surface area contributed by atoms with Crippen LogP contribution in [0.25, 0.3) is 0 Å². The van der Waals surface area contributed by atoms with Gasteiger partial charge in [0.25, 0.3) is 0 Å². The molecule has 0 radical (unpaired) electrons. The van der Waals surface area contributed by atoms with Crippen LogP contribution in [0.5, 0.6) is 5.75 Å². The molecule has 1 aromatic carbocycles. The molecule has 18 heavy (non-hydrogen) atoms. The number of nitrogens with zero attached hydrogens (tertiary/aromatic N) is 1. The van der Waals surface area contributed by atoms with Gasteiger partial charge in [-0.3, -0.25) is 4.79 Å². The standard InChI is InChI=1S/C14H18N2O2/c17-12-4-1-3-10-6-7-15-11(14(10)12)9-16-8-2-5-13(16)18/h1,3-4,11,15,17H,2,5-9H2. The fourth-order valence-corrected chi connectivity index (χ4v) is 2.98. The van der Waals surface area contributed by atoms with Crippen LogP contribution in [0.1, 0.15) is 30.0 Å². The zero-order chi connectivity index (χ0) is 12.5. The molecule has 1 aromatic rings. The first-order valence-electron chi connectivity index (χ1n) is 6.57. The number of phenolic OH excluding ortho intramolecular Hbond substituents is 1. The van der Waals surface area contributed by atoms with Crippen molar-refractivity contribution >= 4 is 5.91 Å². The molecule has 1 saturated heterocycles. The summed E-state index contributed by atoms with van der Waals surface area (Å²) in [5.74, 6) is 0.579. The summed E-state index contributed by atoms with van der Waals surface area (Å²) in [5, 5.41) is 13.4. The Hall–Kier alpha value is -1.55. The Kier molecular flexibility index (Phi) is 2.96. The predicted octanol–water partition coefficient (Wildman–Crippen LogP) is 1.20. The van der Waals surface area contributed by atoms with Crippen LogP contribution >= 0.6 is 0 Å². The summed E-state index contributed by atoms with van der Waals surface area (Å²) in [6, 6.07) is 5.74. The highest BCUT2D eigenvalue weighted by Crippen LogP contribution is 2.32. The second kappa shape index (κ2) is 4.61. The average molecular weight is 246 g/mol. The lowest BCUT2D eigenvalue weighted by molar-refractivity contribution is -0.128. The molecule has 0 spiro atoms. The highest BCUT2D eigenvalue weighted by molar-refractivity contribution is 5.78. The maximum absolute atomic E-state index is 11.7. The molecule has 2 heterocycles. The van der Waals surface area contributed by atoms with Crippen LogP contribution in [-0.2, 0) is 11.2 Å². The van der Waals surface area contributed by atoms with E-state index in [0.717, 1.165) is 31.5 Å². The van der Waals surface area contributed by atoms with Crippen molar-refractivity contribution in [3.8, 4) is 5.75 Å². The minimum atomic E-state index is 0.0667. The summed E-state index contributed by atoms with van der Waals surface area (Å²) < 4.78 is 0. The van der Waals surface area contributed by atoms with E-state index in [1.807, 2.05) is 11.0 Å². The van der Waals surface area contributed by atoms with E-state index in [1.165, 1.54) is 5.56 Å². The molecule has 0 saturated carbocycles. The van der Waals surface area contributed by atoms with Gasteiger partial charge in [-0.05, 0) is 31.0 Å². The Morgan fingerprint density at radius 3 is 3.06 bits per heavy atom. The number of aromatic hydroxyl groups is 1. The third-order valence-electron chi connectivity index (χ3n) is 3.88. The van der Waals surface area contributed by atoms with Crippen LogP contribution in [0.2, 0.25) is 0 Å². The van der Waals surface area contributed by atoms with Gasteiger partial charge in [0.05, 0.1) is 6.04 Å². The molecular formula is C14H18N2O2. The summed E-state index contributed by atoms with van der Waals surface area (Å²) in [4.78, 5) is 13.6. The minimum absolute atomic E-state index is 0.0667. The monoisotopic (exact) mass is 246 g/mol. The van der Waals surface area contributed by atoms with E-state index in [0.29, 0.717) is 18.7 Å². The van der Waals surface area contributed by atoms with Crippen molar-refractivity contribution in [1.29, 1.82) is 0 Å². The third-order valence-corrected chi connectivity index (χ3v) is 3.88. The van der Waals surface area contributed by atoms with Gasteiger partial charge in [0.2, 0.25) is 5.91 Å². The molecule has 1 unspecified atom stereocenters. The molecule has 4 heteroatoms. The maximum Gasteiger partial charge on any atom is 0.222 e. The van der Waals surface area contributed by atoms with E-state index in [2.05, 4.69) is 11.4 Å². The van der Waals surface area contributed by atoms with E-state index >= 15 is 0 Å². The van der Waals surface area contributed by atoms with E-state index in [4.69, 9.17) is 0 Å². The number of carbonyl (C=O) groups is 1. The summed E-state index contributed by atoms with van der Waals surface area (Å²) in [5.41, 5.74) is 2.17. The fraction of sp³-hybridized carbons (Fsp3) is 0.500. The van der Waals surface area contributed by atoms with Crippen molar-refractivity contribution in [3.63, 3.8) is 0 Å². The lowest BCUT2D eigenvalue weighted by atomic mass is 9.93. The first kappa shape index (κ1) is 11.5. The van der Waals surface area contributed by atoms with Crippen molar-refractivity contribution in [2.45, 2.75) is 25.3 Å². The van der Waals surface area contributed by atoms with Crippen molar-refractivity contribution in [2.75, 3.05) is 19.6 Å². The number of nitrogens with one attached hydrogen (secondary N) is 1. The summed E-state index contributed by atoms with van der Waals surface area (Å²) in [6.45, 7) is 2.42. The normalized spacial score (nSPS) is 23.2. The van der Waals surface area contributed by atoms with Crippen LogP contribution in [-0.4, -0.2) is 35.5 Å². The number of fused-ring (bicyclic) bond motifs is 1. The Bertz CT molecular complexity index is 473. The smallest absolute Gasteiger partial charge is 0.222 e. The van der Waals surface area contributed by atoms with Crippen molar-refractivity contribution in [2.24, 2.45) is 0 Å². The van der Waals surface area contributed by atoms with Crippen LogP contribution in [0, 0.1) is 0 Å². The molecule has 1 amide bonds. The zero-order valence-corrected chi connectivity index (χ0v) is 10.4. The predicted molar refractivity (Wildman–Crippen MR) is 68.4 cm³/mol. The Labute approximate surface area is 107 Å². The van der Waals surface area contributed by atoms with E-state index in [1.54, 1.807) is 6.07 Å². The van der Waals surface area contributed by atoms with Crippen molar-refractivity contribution in [1.82, 2.24) is 10.2 Å². The van der Waals surface area contributed by atoms with Gasteiger partial charge >= 0.3 is 0 Å². The van der Waals surface area contributed by atoms with Crippen LogP contribution in [0.15, 0.2) is 18.2 Å². The number of rotatable bonds is 2. The second-order valence-electron chi connectivity index (χ2n) is 5.05. The van der Waals surface area contributed by atoms with Gasteiger partial charge < -0.3 is 15.3 Å². The quantitative estimate of drug-likeness (QED) is 0.824. The molecule has 4 nitrogen and oxygen atoms in total. The topological polar surface area (TPSA) is 52.6 Å². The van der Waals surface area contributed by atoms with Gasteiger partial charge in [-0.1, -0.05) is 12.1 Å². The van der Waals surface area contributed by atoms with Crippen LogP contribution in [0.3, 0.4) is 0 Å². The number of likely N-dealkylation sites (tertiary alicyclic amines) is 1. The SMILES string of the molecule is O=C1CCCN1CC1NCCc2cccc(O)c21. The Balaban J connectivity index is 1.85. The average Bonchev–Trinajstić information content (AvgIpc) is 2.76. The van der Waals surface area contributed by atoms with Gasteiger partial charge in [-0.25, -0.2) is 0 Å². The Morgan fingerprint density at radius 1 is 1.39 bits per heavy atom. The van der Waals surface area contributed by atoms with Gasteiger partial charge in [0.1, 0.15) is 5.75 Å².